The third-order valence-corrected chi connectivity index (χ3v) is 2.52. The van der Waals surface area contributed by atoms with Gasteiger partial charge in [-0.3, -0.25) is 4.79 Å². The molecule has 3 heterocycles. The highest BCUT2D eigenvalue weighted by Gasteiger charge is 2.01. The highest BCUT2D eigenvalue weighted by atomic mass is 16.1. The Morgan fingerprint density at radius 1 is 1.06 bits per heavy atom. The van der Waals surface area contributed by atoms with Gasteiger partial charge in [0.15, 0.2) is 0 Å². The monoisotopic (exact) mass is 211 g/mol. The van der Waals surface area contributed by atoms with Crippen LogP contribution in [0.4, 0.5) is 0 Å². The predicted octanol–water partition coefficient (Wildman–Crippen LogP) is 1.92. The molecule has 0 radical (unpaired) electrons. The first kappa shape index (κ1) is 8.91. The molecule has 0 aliphatic rings. The fourth-order valence-electron chi connectivity index (χ4n) is 1.69. The number of aromatic amines is 2. The van der Waals surface area contributed by atoms with Crippen molar-refractivity contribution in [3.8, 4) is 11.1 Å². The van der Waals surface area contributed by atoms with Crippen LogP contribution in [0.2, 0.25) is 0 Å². The summed E-state index contributed by atoms with van der Waals surface area (Å²) < 4.78 is 0. The number of aromatic nitrogens is 3. The lowest BCUT2D eigenvalue weighted by Gasteiger charge is -2.00. The molecule has 0 amide bonds. The molecule has 3 rings (SSSR count). The van der Waals surface area contributed by atoms with Crippen molar-refractivity contribution >= 4 is 11.0 Å². The van der Waals surface area contributed by atoms with E-state index in [1.807, 2.05) is 18.3 Å². The first-order chi connectivity index (χ1) is 7.83. The van der Waals surface area contributed by atoms with E-state index < -0.39 is 0 Å². The molecule has 0 unspecified atom stereocenters. The number of nitrogens with one attached hydrogen (secondary N) is 2. The van der Waals surface area contributed by atoms with Gasteiger partial charge in [0.1, 0.15) is 5.65 Å². The van der Waals surface area contributed by atoms with Crippen molar-refractivity contribution in [1.29, 1.82) is 0 Å². The lowest BCUT2D eigenvalue weighted by molar-refractivity contribution is 1.24. The van der Waals surface area contributed by atoms with Crippen molar-refractivity contribution in [3.63, 3.8) is 0 Å². The van der Waals surface area contributed by atoms with E-state index in [9.17, 15) is 4.79 Å². The van der Waals surface area contributed by atoms with Crippen molar-refractivity contribution in [1.82, 2.24) is 15.0 Å². The second kappa shape index (κ2) is 3.34. The third kappa shape index (κ3) is 1.40. The number of H-pyrrole nitrogens is 2. The Morgan fingerprint density at radius 3 is 2.81 bits per heavy atom. The fourth-order valence-corrected chi connectivity index (χ4v) is 1.69. The zero-order valence-electron chi connectivity index (χ0n) is 8.40. The second-order valence-corrected chi connectivity index (χ2v) is 3.58. The maximum absolute atomic E-state index is 10.9. The van der Waals surface area contributed by atoms with Crippen molar-refractivity contribution in [2.24, 2.45) is 0 Å². The van der Waals surface area contributed by atoms with E-state index in [1.54, 1.807) is 18.5 Å². The molecule has 0 aliphatic carbocycles. The first-order valence-electron chi connectivity index (χ1n) is 4.95. The second-order valence-electron chi connectivity index (χ2n) is 3.58. The number of nitrogens with zero attached hydrogens (tertiary/aromatic N) is 1. The van der Waals surface area contributed by atoms with Crippen LogP contribution in [0.5, 0.6) is 0 Å². The smallest absolute Gasteiger partial charge is 0.247 e. The lowest BCUT2D eigenvalue weighted by atomic mass is 10.1. The van der Waals surface area contributed by atoms with E-state index in [0.717, 1.165) is 22.2 Å². The number of hydrogen-bond donors (Lipinski definition) is 2. The molecule has 0 spiro atoms. The van der Waals surface area contributed by atoms with Gasteiger partial charge in [0.25, 0.3) is 0 Å². The molecule has 3 aromatic rings. The van der Waals surface area contributed by atoms with Gasteiger partial charge in [0, 0.05) is 35.6 Å². The van der Waals surface area contributed by atoms with Gasteiger partial charge in [-0.15, -0.1) is 0 Å². The van der Waals surface area contributed by atoms with Crippen LogP contribution in [0.15, 0.2) is 47.7 Å². The summed E-state index contributed by atoms with van der Waals surface area (Å²) in [6.07, 6.45) is 5.33. The van der Waals surface area contributed by atoms with E-state index in [4.69, 9.17) is 0 Å². The Hall–Kier alpha value is -2.36. The third-order valence-electron chi connectivity index (χ3n) is 2.52. The molecule has 2 N–H and O–H groups in total. The molecule has 4 nitrogen and oxygen atoms in total. The summed E-state index contributed by atoms with van der Waals surface area (Å²) in [5.74, 6) is 0. The average Bonchev–Trinajstić information content (AvgIpc) is 2.77. The summed E-state index contributed by atoms with van der Waals surface area (Å²) in [4.78, 5) is 20.9. The topological polar surface area (TPSA) is 61.5 Å². The van der Waals surface area contributed by atoms with E-state index in [-0.39, 0.29) is 5.56 Å². The number of hydrogen-bond acceptors (Lipinski definition) is 2. The van der Waals surface area contributed by atoms with Crippen LogP contribution in [-0.2, 0) is 0 Å². The van der Waals surface area contributed by atoms with E-state index in [0.29, 0.717) is 0 Å². The maximum Gasteiger partial charge on any atom is 0.247 e. The standard InChI is InChI=1S/C12H9N3O/c16-11-2-1-9(6-14-11)10-5-8-3-4-13-12(8)15-7-10/h1-7H,(H,13,15)(H,14,16). The summed E-state index contributed by atoms with van der Waals surface area (Å²) in [6.45, 7) is 0. The van der Waals surface area contributed by atoms with Gasteiger partial charge in [0.05, 0.1) is 0 Å². The molecule has 4 heteroatoms. The van der Waals surface area contributed by atoms with Crippen LogP contribution < -0.4 is 5.56 Å². The van der Waals surface area contributed by atoms with Gasteiger partial charge in [-0.2, -0.15) is 0 Å². The summed E-state index contributed by atoms with van der Waals surface area (Å²) in [6, 6.07) is 7.30. The minimum Gasteiger partial charge on any atom is -0.346 e. The Balaban J connectivity index is 2.17. The van der Waals surface area contributed by atoms with E-state index >= 15 is 0 Å². The molecule has 78 valence electrons. The number of pyridine rings is 2. The fraction of sp³-hybridized carbons (Fsp3) is 0. The molecule has 0 fully saturated rings. The Labute approximate surface area is 91.0 Å². The molecule has 0 saturated heterocycles. The van der Waals surface area contributed by atoms with Gasteiger partial charge in [-0.1, -0.05) is 0 Å². The molecule has 0 bridgehead atoms. The molecule has 0 aliphatic heterocycles. The SMILES string of the molecule is O=c1ccc(-c2cnc3[nH]ccc3c2)c[nH]1. The zero-order valence-corrected chi connectivity index (χ0v) is 8.40. The minimum absolute atomic E-state index is 0.0977. The quantitative estimate of drug-likeness (QED) is 0.646. The van der Waals surface area contributed by atoms with Gasteiger partial charge in [-0.05, 0) is 23.8 Å². The van der Waals surface area contributed by atoms with Crippen LogP contribution in [0.25, 0.3) is 22.2 Å². The van der Waals surface area contributed by atoms with Crippen molar-refractivity contribution in [2.45, 2.75) is 0 Å². The largest absolute Gasteiger partial charge is 0.346 e. The maximum atomic E-state index is 10.9. The Bertz CT molecular complexity index is 676. The summed E-state index contributed by atoms with van der Waals surface area (Å²) in [5, 5.41) is 1.06. The predicted molar refractivity (Wildman–Crippen MR) is 62.2 cm³/mol. The van der Waals surface area contributed by atoms with Crippen LogP contribution in [0.1, 0.15) is 0 Å². The van der Waals surface area contributed by atoms with Crippen molar-refractivity contribution in [3.05, 3.63) is 53.2 Å². The van der Waals surface area contributed by atoms with Gasteiger partial charge in [-0.25, -0.2) is 4.98 Å². The van der Waals surface area contributed by atoms with Gasteiger partial charge >= 0.3 is 0 Å². The molecule has 0 aromatic carbocycles. The van der Waals surface area contributed by atoms with Crippen LogP contribution >= 0.6 is 0 Å². The van der Waals surface area contributed by atoms with Crippen molar-refractivity contribution < 1.29 is 0 Å². The van der Waals surface area contributed by atoms with E-state index in [2.05, 4.69) is 15.0 Å². The average molecular weight is 211 g/mol. The molecule has 3 aromatic heterocycles. The molecule has 16 heavy (non-hydrogen) atoms. The highest BCUT2D eigenvalue weighted by Crippen LogP contribution is 2.20. The van der Waals surface area contributed by atoms with Crippen LogP contribution in [-0.4, -0.2) is 15.0 Å². The normalized spacial score (nSPS) is 10.8. The first-order valence-corrected chi connectivity index (χ1v) is 4.95. The highest BCUT2D eigenvalue weighted by molar-refractivity contribution is 5.81. The molecular formula is C12H9N3O. The minimum atomic E-state index is -0.0977. The summed E-state index contributed by atoms with van der Waals surface area (Å²) in [7, 11) is 0. The molecule has 0 atom stereocenters. The zero-order chi connectivity index (χ0) is 11.0. The molecule has 0 saturated carbocycles. The number of fused-ring (bicyclic) bond motifs is 1. The van der Waals surface area contributed by atoms with Crippen LogP contribution in [0, 0.1) is 0 Å². The van der Waals surface area contributed by atoms with Crippen molar-refractivity contribution in [2.75, 3.05) is 0 Å². The Morgan fingerprint density at radius 2 is 2.00 bits per heavy atom. The van der Waals surface area contributed by atoms with Crippen LogP contribution in [0.3, 0.4) is 0 Å². The summed E-state index contributed by atoms with van der Waals surface area (Å²) in [5.41, 5.74) is 2.71. The molecular weight excluding hydrogens is 202 g/mol. The lowest BCUT2D eigenvalue weighted by Crippen LogP contribution is -2.01. The van der Waals surface area contributed by atoms with E-state index in [1.165, 1.54) is 6.07 Å². The summed E-state index contributed by atoms with van der Waals surface area (Å²) >= 11 is 0. The number of rotatable bonds is 1. The van der Waals surface area contributed by atoms with Gasteiger partial charge in [0.2, 0.25) is 5.56 Å². The Kier molecular flexibility index (Phi) is 1.86. The van der Waals surface area contributed by atoms with Gasteiger partial charge < -0.3 is 9.97 Å².